The van der Waals surface area contributed by atoms with Gasteiger partial charge in [-0.3, -0.25) is 4.98 Å². The molecule has 1 saturated heterocycles. The highest BCUT2D eigenvalue weighted by Gasteiger charge is 2.42. The summed E-state index contributed by atoms with van der Waals surface area (Å²) in [7, 11) is 0. The molecule has 0 aliphatic carbocycles. The molecule has 6 heteroatoms. The molecule has 1 aliphatic rings. The van der Waals surface area contributed by atoms with E-state index in [1.54, 1.807) is 6.20 Å². The summed E-state index contributed by atoms with van der Waals surface area (Å²) in [5, 5.41) is 4.82. The summed E-state index contributed by atoms with van der Waals surface area (Å²) in [5.74, 6) is 1.60. The average Bonchev–Trinajstić information content (AvgIpc) is 3.45. The Kier molecular flexibility index (Phi) is 5.68. The van der Waals surface area contributed by atoms with E-state index in [0.717, 1.165) is 34.9 Å². The largest absolute Gasteiger partial charge is 0.459 e. The molecule has 32 heavy (non-hydrogen) atoms. The molecule has 0 unspecified atom stereocenters. The lowest BCUT2D eigenvalue weighted by Gasteiger charge is -2.26. The summed E-state index contributed by atoms with van der Waals surface area (Å²) >= 11 is 11.8. The third-order valence-electron chi connectivity index (χ3n) is 5.77. The van der Waals surface area contributed by atoms with E-state index in [2.05, 4.69) is 46.4 Å². The molecule has 5 rings (SSSR count). The summed E-state index contributed by atoms with van der Waals surface area (Å²) < 4.78 is 6.38. The second-order valence-corrected chi connectivity index (χ2v) is 8.55. The highest BCUT2D eigenvalue weighted by Crippen LogP contribution is 2.43. The first-order valence-corrected chi connectivity index (χ1v) is 11.4. The Hall–Kier alpha value is -3.15. The van der Waals surface area contributed by atoms with Gasteiger partial charge in [-0.05, 0) is 84.9 Å². The third kappa shape index (κ3) is 3.90. The zero-order chi connectivity index (χ0) is 22.1. The van der Waals surface area contributed by atoms with Crippen molar-refractivity contribution in [1.29, 1.82) is 0 Å². The second-order valence-electron chi connectivity index (χ2n) is 7.73. The Morgan fingerprint density at radius 1 is 1.00 bits per heavy atom. The smallest absolute Gasteiger partial charge is 0.174 e. The highest BCUT2D eigenvalue weighted by molar-refractivity contribution is 7.80. The number of thiocarbonyl (C=S) groups is 1. The number of rotatable bonds is 5. The van der Waals surface area contributed by atoms with Crippen molar-refractivity contribution < 1.29 is 4.42 Å². The third-order valence-corrected chi connectivity index (χ3v) is 6.33. The summed E-state index contributed by atoms with van der Waals surface area (Å²) in [6.07, 6.45) is 2.79. The quantitative estimate of drug-likeness (QED) is 0.335. The van der Waals surface area contributed by atoms with Crippen LogP contribution in [0.5, 0.6) is 0 Å². The summed E-state index contributed by atoms with van der Waals surface area (Å²) in [6, 6.07) is 25.8. The molecule has 0 saturated carbocycles. The number of nitrogens with zero attached hydrogens (tertiary/aromatic N) is 2. The number of anilines is 1. The molecule has 1 N–H and O–H groups in total. The van der Waals surface area contributed by atoms with Crippen molar-refractivity contribution in [2.24, 2.45) is 0 Å². The van der Waals surface area contributed by atoms with Crippen LogP contribution in [-0.4, -0.2) is 10.1 Å². The zero-order valence-corrected chi connectivity index (χ0v) is 19.1. The molecular weight excluding hydrogens is 438 g/mol. The first-order valence-electron chi connectivity index (χ1n) is 10.6. The predicted molar refractivity (Wildman–Crippen MR) is 133 cm³/mol. The van der Waals surface area contributed by atoms with Gasteiger partial charge < -0.3 is 14.6 Å². The Balaban J connectivity index is 1.57. The molecule has 1 aliphatic heterocycles. The van der Waals surface area contributed by atoms with Crippen LogP contribution in [0, 0.1) is 0 Å². The molecule has 2 atom stereocenters. The van der Waals surface area contributed by atoms with Crippen LogP contribution in [0.2, 0.25) is 5.02 Å². The molecular formula is C26H22ClN3OS. The van der Waals surface area contributed by atoms with E-state index < -0.39 is 0 Å². The topological polar surface area (TPSA) is 41.3 Å². The van der Waals surface area contributed by atoms with E-state index >= 15 is 0 Å². The highest BCUT2D eigenvalue weighted by atomic mass is 35.5. The minimum Gasteiger partial charge on any atom is -0.459 e. The molecule has 1 fully saturated rings. The number of aromatic nitrogens is 1. The first kappa shape index (κ1) is 20.7. The number of benzene rings is 2. The predicted octanol–water partition coefficient (Wildman–Crippen LogP) is 6.73. The summed E-state index contributed by atoms with van der Waals surface area (Å²) in [4.78, 5) is 6.72. The monoisotopic (exact) mass is 459 g/mol. The molecule has 4 nitrogen and oxygen atoms in total. The number of aryl methyl sites for hydroxylation is 1. The number of hydrogen-bond acceptors (Lipinski definition) is 3. The van der Waals surface area contributed by atoms with Gasteiger partial charge >= 0.3 is 0 Å². The summed E-state index contributed by atoms with van der Waals surface area (Å²) in [5.41, 5.74) is 4.19. The van der Waals surface area contributed by atoms with E-state index in [9.17, 15) is 0 Å². The number of nitrogens with one attached hydrogen (secondary N) is 1. The fourth-order valence-corrected chi connectivity index (χ4v) is 4.57. The van der Waals surface area contributed by atoms with Crippen LogP contribution in [0.1, 0.15) is 36.0 Å². The maximum absolute atomic E-state index is 6.38. The van der Waals surface area contributed by atoms with Gasteiger partial charge in [0, 0.05) is 22.5 Å². The van der Waals surface area contributed by atoms with Crippen LogP contribution in [0.25, 0.3) is 11.3 Å². The van der Waals surface area contributed by atoms with E-state index in [0.29, 0.717) is 10.1 Å². The lowest BCUT2D eigenvalue weighted by molar-refractivity contribution is 0.439. The SMILES string of the molecule is CCc1ccc(N2C(=S)N[C@H](c3ccccn3)[C@@H]2c2ccc(-c3ccc(Cl)cc3)o2)cc1. The Labute approximate surface area is 197 Å². The zero-order valence-electron chi connectivity index (χ0n) is 17.5. The fraction of sp³-hybridized carbons (Fsp3) is 0.154. The number of hydrogen-bond donors (Lipinski definition) is 1. The van der Waals surface area contributed by atoms with Gasteiger partial charge in [-0.1, -0.05) is 36.7 Å². The van der Waals surface area contributed by atoms with Crippen molar-refractivity contribution in [3.63, 3.8) is 0 Å². The molecule has 160 valence electrons. The molecule has 3 heterocycles. The van der Waals surface area contributed by atoms with Crippen LogP contribution >= 0.6 is 23.8 Å². The van der Waals surface area contributed by atoms with Gasteiger partial charge in [-0.15, -0.1) is 0 Å². The normalized spacial score (nSPS) is 18.1. The molecule has 2 aromatic heterocycles. The van der Waals surface area contributed by atoms with Crippen LogP contribution in [0.3, 0.4) is 0 Å². The van der Waals surface area contributed by atoms with Crippen molar-refractivity contribution in [2.45, 2.75) is 25.4 Å². The van der Waals surface area contributed by atoms with Gasteiger partial charge in [-0.25, -0.2) is 0 Å². The first-order chi connectivity index (χ1) is 15.6. The molecule has 4 aromatic rings. The van der Waals surface area contributed by atoms with Gasteiger partial charge in [0.05, 0.1) is 11.7 Å². The van der Waals surface area contributed by atoms with Crippen molar-refractivity contribution in [2.75, 3.05) is 4.90 Å². The van der Waals surface area contributed by atoms with Crippen LogP contribution < -0.4 is 10.2 Å². The van der Waals surface area contributed by atoms with Gasteiger partial charge in [0.15, 0.2) is 5.11 Å². The van der Waals surface area contributed by atoms with E-state index in [1.165, 1.54) is 5.56 Å². The Bertz CT molecular complexity index is 1220. The Morgan fingerprint density at radius 3 is 2.47 bits per heavy atom. The molecule has 0 radical (unpaired) electrons. The van der Waals surface area contributed by atoms with Gasteiger partial charge in [-0.2, -0.15) is 0 Å². The minimum atomic E-state index is -0.175. The molecule has 2 aromatic carbocycles. The lowest BCUT2D eigenvalue weighted by Crippen LogP contribution is -2.29. The maximum atomic E-state index is 6.38. The van der Waals surface area contributed by atoms with E-state index in [1.807, 2.05) is 54.6 Å². The average molecular weight is 460 g/mol. The van der Waals surface area contributed by atoms with Gasteiger partial charge in [0.2, 0.25) is 0 Å². The van der Waals surface area contributed by atoms with Gasteiger partial charge in [0.25, 0.3) is 0 Å². The van der Waals surface area contributed by atoms with E-state index in [4.69, 9.17) is 28.2 Å². The second kappa shape index (κ2) is 8.77. The van der Waals surface area contributed by atoms with Crippen LogP contribution in [0.4, 0.5) is 5.69 Å². The van der Waals surface area contributed by atoms with Crippen molar-refractivity contribution in [3.8, 4) is 11.3 Å². The standard InChI is InChI=1S/C26H22ClN3OS/c1-2-17-6-12-20(13-7-17)30-25(24(29-26(30)32)21-5-3-4-16-28-21)23-15-14-22(31-23)18-8-10-19(27)11-9-18/h3-16,24-25H,2H2,1H3,(H,29,32)/t24-,25+/m1/s1. The summed E-state index contributed by atoms with van der Waals surface area (Å²) in [6.45, 7) is 2.15. The van der Waals surface area contributed by atoms with Crippen LogP contribution in [-0.2, 0) is 6.42 Å². The number of pyridine rings is 1. The lowest BCUT2D eigenvalue weighted by atomic mass is 10.0. The number of furan rings is 1. The van der Waals surface area contributed by atoms with Crippen LogP contribution in [0.15, 0.2) is 89.5 Å². The van der Waals surface area contributed by atoms with Crippen molar-refractivity contribution in [1.82, 2.24) is 10.3 Å². The molecule has 0 spiro atoms. The van der Waals surface area contributed by atoms with Crippen molar-refractivity contribution >= 4 is 34.6 Å². The maximum Gasteiger partial charge on any atom is 0.174 e. The molecule has 0 bridgehead atoms. The fourth-order valence-electron chi connectivity index (χ4n) is 4.10. The molecule has 0 amide bonds. The Morgan fingerprint density at radius 2 is 1.78 bits per heavy atom. The minimum absolute atomic E-state index is 0.140. The van der Waals surface area contributed by atoms with Gasteiger partial charge in [0.1, 0.15) is 17.6 Å². The van der Waals surface area contributed by atoms with Crippen molar-refractivity contribution in [3.05, 3.63) is 107 Å². The number of halogens is 1. The van der Waals surface area contributed by atoms with E-state index in [-0.39, 0.29) is 12.1 Å².